The molecule has 0 atom stereocenters. The van der Waals surface area contributed by atoms with Gasteiger partial charge in [-0.05, 0) is 20.8 Å². The van der Waals surface area contributed by atoms with Crippen molar-refractivity contribution in [3.8, 4) is 0 Å². The van der Waals surface area contributed by atoms with E-state index in [0.717, 1.165) is 18.1 Å². The molecule has 0 bridgehead atoms. The van der Waals surface area contributed by atoms with Crippen molar-refractivity contribution >= 4 is 30.9 Å². The molecule has 2 heterocycles. The molecule has 0 spiro atoms. The first-order valence-corrected chi connectivity index (χ1v) is 9.54. The summed E-state index contributed by atoms with van der Waals surface area (Å²) in [4.78, 5) is 13.1. The van der Waals surface area contributed by atoms with Crippen molar-refractivity contribution in [2.24, 2.45) is 0 Å². The number of carbonyl (C=O) groups excluding carboxylic acids is 1. The van der Waals surface area contributed by atoms with Gasteiger partial charge in [0.05, 0.1) is 13.2 Å². The SMILES string of the molecule is CC(C)(C)OC(=O)N1CCOCC1.[B]=C1NCC(c2cccc(Cl)c2)CN1. The van der Waals surface area contributed by atoms with Crippen molar-refractivity contribution in [2.45, 2.75) is 32.3 Å². The number of benzene rings is 1. The molecule has 3 rings (SSSR count). The summed E-state index contributed by atoms with van der Waals surface area (Å²) < 4.78 is 10.3. The Morgan fingerprint density at radius 2 is 1.89 bits per heavy atom. The van der Waals surface area contributed by atoms with Crippen LogP contribution in [-0.4, -0.2) is 69.2 Å². The second-order valence-electron chi connectivity index (χ2n) is 7.51. The van der Waals surface area contributed by atoms with Crippen molar-refractivity contribution in [2.75, 3.05) is 39.4 Å². The number of carbonyl (C=O) groups is 1. The molecule has 1 radical (unpaired) electrons. The van der Waals surface area contributed by atoms with Gasteiger partial charge in [0, 0.05) is 13.1 Å². The van der Waals surface area contributed by atoms with Gasteiger partial charge in [0.25, 0.3) is 0 Å². The average molecular weight is 393 g/mol. The van der Waals surface area contributed by atoms with E-state index in [0.29, 0.717) is 37.9 Å². The van der Waals surface area contributed by atoms with E-state index >= 15 is 0 Å². The fourth-order valence-corrected chi connectivity index (χ4v) is 2.87. The molecule has 0 unspecified atom stereocenters. The van der Waals surface area contributed by atoms with Crippen LogP contribution >= 0.6 is 11.6 Å². The van der Waals surface area contributed by atoms with Gasteiger partial charge < -0.3 is 14.4 Å². The third kappa shape index (κ3) is 7.81. The van der Waals surface area contributed by atoms with Crippen LogP contribution in [-0.2, 0) is 9.47 Å². The van der Waals surface area contributed by atoms with E-state index in [1.165, 1.54) is 5.56 Å². The molecule has 147 valence electrons. The van der Waals surface area contributed by atoms with Crippen LogP contribution in [0, 0.1) is 0 Å². The van der Waals surface area contributed by atoms with Crippen LogP contribution in [0.1, 0.15) is 32.3 Å². The monoisotopic (exact) mass is 392 g/mol. The quantitative estimate of drug-likeness (QED) is 0.717. The van der Waals surface area contributed by atoms with Crippen LogP contribution in [0.4, 0.5) is 4.79 Å². The number of hydrogen-bond donors (Lipinski definition) is 2. The second-order valence-corrected chi connectivity index (χ2v) is 7.94. The van der Waals surface area contributed by atoms with Crippen LogP contribution in [0.2, 0.25) is 5.02 Å². The Balaban J connectivity index is 0.000000194. The molecule has 27 heavy (non-hydrogen) atoms. The van der Waals surface area contributed by atoms with E-state index in [1.54, 1.807) is 4.90 Å². The molecule has 2 N–H and O–H groups in total. The predicted octanol–water partition coefficient (Wildman–Crippen LogP) is 2.13. The number of ether oxygens (including phenoxy) is 2. The maximum atomic E-state index is 11.5. The summed E-state index contributed by atoms with van der Waals surface area (Å²) in [6.45, 7) is 9.81. The Labute approximate surface area is 167 Å². The van der Waals surface area contributed by atoms with Crippen molar-refractivity contribution in [1.82, 2.24) is 15.5 Å². The number of nitrogens with one attached hydrogen (secondary N) is 2. The minimum absolute atomic E-state index is 0.240. The number of hydrogen-bond acceptors (Lipinski definition) is 5. The molecule has 0 saturated carbocycles. The Kier molecular flexibility index (Phi) is 7.99. The topological polar surface area (TPSA) is 62.8 Å². The molecule has 8 heteroatoms. The van der Waals surface area contributed by atoms with Gasteiger partial charge >= 0.3 is 95.4 Å². The molecule has 1 aromatic rings. The van der Waals surface area contributed by atoms with Crippen LogP contribution < -0.4 is 10.6 Å². The van der Waals surface area contributed by atoms with E-state index < -0.39 is 5.60 Å². The standard InChI is InChI=1S/C10H11BClN2.C9H17NO3/c11-10-13-5-8(6-14-10)7-2-1-3-9(12)4-7;1-9(2,3)13-8(11)10-4-6-12-7-5-10/h1-4,8,13-14H,5-6H2;4-7H2,1-3H3. The molecule has 0 aromatic heterocycles. The van der Waals surface area contributed by atoms with Crippen LogP contribution in [0.25, 0.3) is 0 Å². The molecular formula is C19H28BClN3O3. The Bertz CT molecular complexity index is 635. The summed E-state index contributed by atoms with van der Waals surface area (Å²) in [6.07, 6.45) is -0.240. The summed E-state index contributed by atoms with van der Waals surface area (Å²) in [5.41, 5.74) is 1.49. The summed E-state index contributed by atoms with van der Waals surface area (Å²) in [5, 5.41) is 6.96. The number of rotatable bonds is 1. The van der Waals surface area contributed by atoms with Crippen molar-refractivity contribution in [3.05, 3.63) is 34.9 Å². The van der Waals surface area contributed by atoms with Crippen LogP contribution in [0.3, 0.4) is 0 Å². The van der Waals surface area contributed by atoms with Crippen molar-refractivity contribution in [3.63, 3.8) is 0 Å². The minimum atomic E-state index is -0.407. The second kappa shape index (κ2) is 9.99. The molecule has 0 aliphatic carbocycles. The zero-order chi connectivity index (χ0) is 19.9. The zero-order valence-electron chi connectivity index (χ0n) is 16.3. The molecule has 2 aliphatic rings. The van der Waals surface area contributed by atoms with Gasteiger partial charge in [-0.3, -0.25) is 0 Å². The van der Waals surface area contributed by atoms with E-state index in [2.05, 4.69) is 16.7 Å². The summed E-state index contributed by atoms with van der Waals surface area (Å²) >= 11 is 5.92. The van der Waals surface area contributed by atoms with Crippen LogP contribution in [0.5, 0.6) is 0 Å². The summed E-state index contributed by atoms with van der Waals surface area (Å²) in [6, 6.07) is 7.94. The molecule has 2 fully saturated rings. The van der Waals surface area contributed by atoms with Gasteiger partial charge in [-0.25, -0.2) is 4.79 Å². The molecule has 2 aliphatic heterocycles. The number of halogens is 1. The average Bonchev–Trinajstić information content (AvgIpc) is 2.62. The summed E-state index contributed by atoms with van der Waals surface area (Å²) in [5.74, 6) is 0.431. The maximum absolute atomic E-state index is 11.5. The van der Waals surface area contributed by atoms with E-state index in [-0.39, 0.29) is 6.09 Å². The fourth-order valence-electron chi connectivity index (χ4n) is 2.67. The van der Waals surface area contributed by atoms with Gasteiger partial charge in [0.2, 0.25) is 0 Å². The Hall–Kier alpha value is -1.73. The van der Waals surface area contributed by atoms with Gasteiger partial charge in [-0.15, -0.1) is 0 Å². The normalized spacial score (nSPS) is 17.9. The number of nitrogens with zero attached hydrogens (tertiary/aromatic N) is 1. The molecule has 1 amide bonds. The van der Waals surface area contributed by atoms with Gasteiger partial charge in [-0.2, -0.15) is 0 Å². The molecule has 2 saturated heterocycles. The third-order valence-electron chi connectivity index (χ3n) is 4.06. The molecule has 1 aromatic carbocycles. The fraction of sp³-hybridized carbons (Fsp3) is 0.579. The third-order valence-corrected chi connectivity index (χ3v) is 4.30. The first-order chi connectivity index (χ1) is 12.7. The summed E-state index contributed by atoms with van der Waals surface area (Å²) in [7, 11) is 5.57. The zero-order valence-corrected chi connectivity index (χ0v) is 17.0. The number of morpholine rings is 1. The molecule has 6 nitrogen and oxygen atoms in total. The van der Waals surface area contributed by atoms with E-state index in [4.69, 9.17) is 28.6 Å². The van der Waals surface area contributed by atoms with Gasteiger partial charge in [0.1, 0.15) is 5.60 Å². The van der Waals surface area contributed by atoms with E-state index in [9.17, 15) is 4.79 Å². The first kappa shape index (κ1) is 21.6. The Morgan fingerprint density at radius 1 is 1.26 bits per heavy atom. The van der Waals surface area contributed by atoms with E-state index in [1.807, 2.05) is 39.0 Å². The first-order valence-electron chi connectivity index (χ1n) is 9.16. The van der Waals surface area contributed by atoms with Crippen molar-refractivity contribution in [1.29, 1.82) is 0 Å². The predicted molar refractivity (Wildman–Crippen MR) is 110 cm³/mol. The Morgan fingerprint density at radius 3 is 2.44 bits per heavy atom. The van der Waals surface area contributed by atoms with Crippen molar-refractivity contribution < 1.29 is 14.3 Å². The van der Waals surface area contributed by atoms with Gasteiger partial charge in [0.15, 0.2) is 0 Å². The number of amides is 1. The van der Waals surface area contributed by atoms with Gasteiger partial charge in [-0.1, -0.05) is 0 Å². The molecular weight excluding hydrogens is 364 g/mol. The van der Waals surface area contributed by atoms with Crippen LogP contribution in [0.15, 0.2) is 24.3 Å².